The van der Waals surface area contributed by atoms with Crippen molar-refractivity contribution in [3.8, 4) is 5.75 Å². The Bertz CT molecular complexity index is 957. The van der Waals surface area contributed by atoms with Crippen molar-refractivity contribution in [1.82, 2.24) is 0 Å². The second-order valence-corrected chi connectivity index (χ2v) is 10.5. The van der Waals surface area contributed by atoms with Crippen molar-refractivity contribution in [2.45, 2.75) is 80.1 Å². The van der Waals surface area contributed by atoms with Gasteiger partial charge in [0, 0.05) is 5.56 Å². The van der Waals surface area contributed by atoms with E-state index in [0.29, 0.717) is 23.5 Å². The summed E-state index contributed by atoms with van der Waals surface area (Å²) in [5.74, 6) is -0.878. The zero-order chi connectivity index (χ0) is 24.3. The van der Waals surface area contributed by atoms with Crippen molar-refractivity contribution in [2.75, 3.05) is 6.61 Å². The molecule has 0 aliphatic heterocycles. The van der Waals surface area contributed by atoms with Crippen molar-refractivity contribution >= 4 is 11.9 Å². The standard InChI is InChI=1S/C28H38O4/c1-10-19-12-14-20(15-13-19)25(29)32-24-18(3)16-21(27(4,5)6)17-22(24)23(28(7,8)9)26(30)31-11-2/h12-17,23H,10-11H2,1-9H3. The molecule has 0 fully saturated rings. The molecule has 0 saturated carbocycles. The summed E-state index contributed by atoms with van der Waals surface area (Å²) >= 11 is 0. The predicted octanol–water partition coefficient (Wildman–Crippen LogP) is 6.77. The number of ether oxygens (including phenoxy) is 2. The number of hydrogen-bond acceptors (Lipinski definition) is 4. The van der Waals surface area contributed by atoms with Crippen LogP contribution in [-0.4, -0.2) is 18.5 Å². The lowest BCUT2D eigenvalue weighted by Crippen LogP contribution is -2.30. The maximum Gasteiger partial charge on any atom is 0.343 e. The predicted molar refractivity (Wildman–Crippen MR) is 129 cm³/mol. The van der Waals surface area contributed by atoms with Crippen LogP contribution in [0.2, 0.25) is 0 Å². The Kier molecular flexibility index (Phi) is 7.92. The van der Waals surface area contributed by atoms with Gasteiger partial charge in [-0.3, -0.25) is 4.79 Å². The van der Waals surface area contributed by atoms with Gasteiger partial charge in [-0.15, -0.1) is 0 Å². The van der Waals surface area contributed by atoms with E-state index < -0.39 is 17.3 Å². The highest BCUT2D eigenvalue weighted by Crippen LogP contribution is 2.44. The third kappa shape index (κ3) is 5.99. The van der Waals surface area contributed by atoms with Crippen LogP contribution in [0.25, 0.3) is 0 Å². The Morgan fingerprint density at radius 2 is 1.53 bits per heavy atom. The molecule has 0 aliphatic carbocycles. The van der Waals surface area contributed by atoms with Crippen LogP contribution in [0.4, 0.5) is 0 Å². The molecular weight excluding hydrogens is 400 g/mol. The van der Waals surface area contributed by atoms with Gasteiger partial charge >= 0.3 is 11.9 Å². The topological polar surface area (TPSA) is 52.6 Å². The summed E-state index contributed by atoms with van der Waals surface area (Å²) in [6, 6.07) is 11.5. The number of benzene rings is 2. The lowest BCUT2D eigenvalue weighted by atomic mass is 9.74. The van der Waals surface area contributed by atoms with E-state index in [2.05, 4.69) is 27.7 Å². The van der Waals surface area contributed by atoms with Gasteiger partial charge in [-0.05, 0) is 59.9 Å². The van der Waals surface area contributed by atoms with Crippen molar-refractivity contribution < 1.29 is 19.1 Å². The highest BCUT2D eigenvalue weighted by atomic mass is 16.5. The summed E-state index contributed by atoms with van der Waals surface area (Å²) < 4.78 is 11.4. The highest BCUT2D eigenvalue weighted by molar-refractivity contribution is 5.92. The van der Waals surface area contributed by atoms with Crippen LogP contribution < -0.4 is 4.74 Å². The van der Waals surface area contributed by atoms with Crippen molar-refractivity contribution in [3.63, 3.8) is 0 Å². The van der Waals surface area contributed by atoms with Gasteiger partial charge in [-0.25, -0.2) is 4.79 Å². The highest BCUT2D eigenvalue weighted by Gasteiger charge is 2.38. The van der Waals surface area contributed by atoms with Gasteiger partial charge in [0.25, 0.3) is 0 Å². The first kappa shape index (κ1) is 25.6. The van der Waals surface area contributed by atoms with E-state index in [1.165, 1.54) is 0 Å². The molecule has 4 heteroatoms. The molecule has 2 rings (SSSR count). The Morgan fingerprint density at radius 1 is 0.938 bits per heavy atom. The smallest absolute Gasteiger partial charge is 0.343 e. The zero-order valence-corrected chi connectivity index (χ0v) is 21.1. The molecule has 0 amide bonds. The third-order valence-electron chi connectivity index (χ3n) is 5.66. The third-order valence-corrected chi connectivity index (χ3v) is 5.66. The molecule has 0 bridgehead atoms. The van der Waals surface area contributed by atoms with E-state index in [4.69, 9.17) is 9.47 Å². The van der Waals surface area contributed by atoms with Crippen molar-refractivity contribution in [1.29, 1.82) is 0 Å². The molecule has 0 aromatic heterocycles. The molecule has 32 heavy (non-hydrogen) atoms. The van der Waals surface area contributed by atoms with Gasteiger partial charge in [-0.1, -0.05) is 72.7 Å². The second kappa shape index (κ2) is 9.89. The zero-order valence-electron chi connectivity index (χ0n) is 21.1. The van der Waals surface area contributed by atoms with Crippen LogP contribution in [0.1, 0.15) is 93.9 Å². The number of aryl methyl sites for hydroxylation is 2. The number of hydrogen-bond donors (Lipinski definition) is 0. The van der Waals surface area contributed by atoms with Crippen molar-refractivity contribution in [2.24, 2.45) is 5.41 Å². The molecule has 0 saturated heterocycles. The van der Waals surface area contributed by atoms with Crippen LogP contribution in [-0.2, 0) is 21.4 Å². The second-order valence-electron chi connectivity index (χ2n) is 10.5. The molecule has 2 aromatic carbocycles. The van der Waals surface area contributed by atoms with Crippen LogP contribution in [0.5, 0.6) is 5.75 Å². The summed E-state index contributed by atoms with van der Waals surface area (Å²) in [4.78, 5) is 26.1. The van der Waals surface area contributed by atoms with Gasteiger partial charge in [0.05, 0.1) is 18.1 Å². The van der Waals surface area contributed by atoms with Crippen LogP contribution in [0, 0.1) is 12.3 Å². The molecule has 1 unspecified atom stereocenters. The van der Waals surface area contributed by atoms with E-state index in [1.807, 2.05) is 52.0 Å². The Hall–Kier alpha value is -2.62. The number of esters is 2. The Balaban J connectivity index is 2.64. The average Bonchev–Trinajstić information content (AvgIpc) is 2.68. The van der Waals surface area contributed by atoms with E-state index >= 15 is 0 Å². The van der Waals surface area contributed by atoms with Crippen LogP contribution in [0.3, 0.4) is 0 Å². The van der Waals surface area contributed by atoms with Gasteiger partial charge in [-0.2, -0.15) is 0 Å². The minimum absolute atomic E-state index is 0.130. The number of carbonyl (C=O) groups excluding carboxylic acids is 2. The molecule has 4 nitrogen and oxygen atoms in total. The summed E-state index contributed by atoms with van der Waals surface area (Å²) in [6.07, 6.45) is 0.902. The molecular formula is C28H38O4. The Morgan fingerprint density at radius 3 is 2.00 bits per heavy atom. The average molecular weight is 439 g/mol. The first-order valence-electron chi connectivity index (χ1n) is 11.4. The molecule has 0 radical (unpaired) electrons. The fraction of sp³-hybridized carbons (Fsp3) is 0.500. The normalized spacial score (nSPS) is 12.9. The maximum atomic E-state index is 13.1. The fourth-order valence-electron chi connectivity index (χ4n) is 3.79. The molecule has 0 spiro atoms. The largest absolute Gasteiger partial charge is 0.466 e. The molecule has 1 atom stereocenters. The quantitative estimate of drug-likeness (QED) is 0.369. The van der Waals surface area contributed by atoms with E-state index in [1.54, 1.807) is 19.1 Å². The lowest BCUT2D eigenvalue weighted by Gasteiger charge is -2.32. The van der Waals surface area contributed by atoms with Crippen molar-refractivity contribution in [3.05, 3.63) is 64.2 Å². The summed E-state index contributed by atoms with van der Waals surface area (Å²) in [7, 11) is 0. The first-order valence-corrected chi connectivity index (χ1v) is 11.4. The minimum atomic E-state index is -0.575. The SMILES string of the molecule is CCOC(=O)C(c1cc(C(C)(C)C)cc(C)c1OC(=O)c1ccc(CC)cc1)C(C)(C)C. The fourth-order valence-corrected chi connectivity index (χ4v) is 3.79. The van der Waals surface area contributed by atoms with Gasteiger partial charge in [0.15, 0.2) is 0 Å². The number of carbonyl (C=O) groups is 2. The monoisotopic (exact) mass is 438 g/mol. The molecule has 0 N–H and O–H groups in total. The summed E-state index contributed by atoms with van der Waals surface area (Å²) in [6.45, 7) is 18.5. The Labute approximate surface area is 193 Å². The first-order chi connectivity index (χ1) is 14.8. The van der Waals surface area contributed by atoms with Gasteiger partial charge in [0.2, 0.25) is 0 Å². The minimum Gasteiger partial charge on any atom is -0.466 e. The van der Waals surface area contributed by atoms with Gasteiger partial charge < -0.3 is 9.47 Å². The maximum absolute atomic E-state index is 13.1. The van der Waals surface area contributed by atoms with E-state index in [0.717, 1.165) is 23.1 Å². The summed E-state index contributed by atoms with van der Waals surface area (Å²) in [5, 5.41) is 0. The van der Waals surface area contributed by atoms with Crippen LogP contribution >= 0.6 is 0 Å². The molecule has 2 aromatic rings. The molecule has 174 valence electrons. The summed E-state index contributed by atoms with van der Waals surface area (Å²) in [5.41, 5.74) is 3.67. The lowest BCUT2D eigenvalue weighted by molar-refractivity contribution is -0.147. The molecule has 0 aliphatic rings. The van der Waals surface area contributed by atoms with E-state index in [-0.39, 0.29) is 11.4 Å². The van der Waals surface area contributed by atoms with Crippen LogP contribution in [0.15, 0.2) is 36.4 Å². The number of rotatable bonds is 6. The molecule has 0 heterocycles. The van der Waals surface area contributed by atoms with E-state index in [9.17, 15) is 9.59 Å². The van der Waals surface area contributed by atoms with Gasteiger partial charge in [0.1, 0.15) is 5.75 Å².